The summed E-state index contributed by atoms with van der Waals surface area (Å²) in [6, 6.07) is 3.46. The lowest BCUT2D eigenvalue weighted by Crippen LogP contribution is -2.55. The minimum absolute atomic E-state index is 0.0138. The van der Waals surface area contributed by atoms with Gasteiger partial charge >= 0.3 is 0 Å². The fraction of sp³-hybridized carbons (Fsp3) is 0.571. The third-order valence-electron chi connectivity index (χ3n) is 3.05. The molecule has 0 aromatic carbocycles. The normalized spacial score (nSPS) is 22.3. The second-order valence-corrected chi connectivity index (χ2v) is 5.38. The summed E-state index contributed by atoms with van der Waals surface area (Å²) in [5.74, 6) is 0.0138. The van der Waals surface area contributed by atoms with E-state index in [1.54, 1.807) is 31.6 Å². The molecule has 5 nitrogen and oxygen atoms in total. The van der Waals surface area contributed by atoms with Gasteiger partial charge < -0.3 is 14.4 Å². The molecule has 5 heteroatoms. The van der Waals surface area contributed by atoms with E-state index in [4.69, 9.17) is 9.47 Å². The van der Waals surface area contributed by atoms with Gasteiger partial charge in [0.1, 0.15) is 0 Å². The van der Waals surface area contributed by atoms with Gasteiger partial charge in [-0.2, -0.15) is 0 Å². The van der Waals surface area contributed by atoms with Gasteiger partial charge in [-0.3, -0.25) is 9.78 Å². The van der Waals surface area contributed by atoms with E-state index in [0.29, 0.717) is 25.3 Å². The zero-order chi connectivity index (χ0) is 13.9. The summed E-state index contributed by atoms with van der Waals surface area (Å²) in [6.45, 7) is 5.60. The average Bonchev–Trinajstić information content (AvgIpc) is 2.37. The maximum absolute atomic E-state index is 12.4. The molecule has 104 valence electrons. The molecule has 2 heterocycles. The first-order valence-electron chi connectivity index (χ1n) is 6.38. The molecule has 0 spiro atoms. The number of carbonyl (C=O) groups is 1. The lowest BCUT2D eigenvalue weighted by molar-refractivity contribution is -0.143. The molecular weight excluding hydrogens is 244 g/mol. The van der Waals surface area contributed by atoms with Gasteiger partial charge in [-0.1, -0.05) is 0 Å². The van der Waals surface area contributed by atoms with E-state index in [1.807, 2.05) is 18.7 Å². The fourth-order valence-electron chi connectivity index (χ4n) is 2.40. The Morgan fingerprint density at radius 1 is 1.53 bits per heavy atom. The molecule has 0 unspecified atom stereocenters. The van der Waals surface area contributed by atoms with Gasteiger partial charge in [0.2, 0.25) is 0 Å². The Balaban J connectivity index is 2.12. The molecule has 1 atom stereocenters. The average molecular weight is 264 g/mol. The van der Waals surface area contributed by atoms with Gasteiger partial charge in [0.15, 0.2) is 0 Å². The highest BCUT2D eigenvalue weighted by atomic mass is 16.5. The van der Waals surface area contributed by atoms with Crippen molar-refractivity contribution < 1.29 is 14.3 Å². The molecule has 1 fully saturated rings. The molecule has 0 N–H and O–H groups in total. The Morgan fingerprint density at radius 3 is 2.84 bits per heavy atom. The van der Waals surface area contributed by atoms with Crippen molar-refractivity contribution in [3.05, 3.63) is 30.1 Å². The van der Waals surface area contributed by atoms with Gasteiger partial charge in [0, 0.05) is 38.2 Å². The number of carbonyl (C=O) groups excluding carboxylic acids is 1. The highest BCUT2D eigenvalue weighted by Crippen LogP contribution is 2.22. The minimum atomic E-state index is -0.357. The van der Waals surface area contributed by atoms with E-state index in [9.17, 15) is 4.79 Å². The predicted octanol–water partition coefficient (Wildman–Crippen LogP) is 1.35. The van der Waals surface area contributed by atoms with Crippen LogP contribution in [-0.2, 0) is 9.47 Å². The largest absolute Gasteiger partial charge is 0.382 e. The Morgan fingerprint density at radius 2 is 2.21 bits per heavy atom. The molecular formula is C14H20N2O3. The number of ether oxygens (including phenoxy) is 2. The maximum atomic E-state index is 12.4. The number of methoxy groups -OCH3 is 1. The quantitative estimate of drug-likeness (QED) is 0.827. The van der Waals surface area contributed by atoms with Crippen molar-refractivity contribution in [2.45, 2.75) is 25.6 Å². The molecule has 0 aliphatic carbocycles. The van der Waals surface area contributed by atoms with E-state index in [0.717, 1.165) is 0 Å². The lowest BCUT2D eigenvalue weighted by Gasteiger charge is -2.42. The summed E-state index contributed by atoms with van der Waals surface area (Å²) < 4.78 is 11.0. The number of rotatable bonds is 3. The van der Waals surface area contributed by atoms with Crippen LogP contribution in [0.25, 0.3) is 0 Å². The minimum Gasteiger partial charge on any atom is -0.382 e. The molecule has 19 heavy (non-hydrogen) atoms. The first-order chi connectivity index (χ1) is 9.02. The van der Waals surface area contributed by atoms with E-state index in [-0.39, 0.29) is 17.6 Å². The molecule has 1 saturated heterocycles. The van der Waals surface area contributed by atoms with Crippen LogP contribution in [0.2, 0.25) is 0 Å². The molecule has 0 radical (unpaired) electrons. The van der Waals surface area contributed by atoms with Crippen LogP contribution in [0.1, 0.15) is 24.2 Å². The standard InChI is InChI=1S/C14H20N2O3/c1-14(2)10-16(8-12(19-14)9-18-3)13(17)11-4-6-15-7-5-11/h4-7,12H,8-10H2,1-3H3/t12-/m1/s1. The first-order valence-corrected chi connectivity index (χ1v) is 6.38. The molecule has 1 amide bonds. The molecule has 2 rings (SSSR count). The molecule has 0 bridgehead atoms. The van der Waals surface area contributed by atoms with E-state index < -0.39 is 0 Å². The number of hydrogen-bond acceptors (Lipinski definition) is 4. The summed E-state index contributed by atoms with van der Waals surface area (Å²) in [7, 11) is 1.64. The summed E-state index contributed by atoms with van der Waals surface area (Å²) >= 11 is 0. The van der Waals surface area contributed by atoms with E-state index in [1.165, 1.54) is 0 Å². The van der Waals surface area contributed by atoms with Crippen molar-refractivity contribution in [3.8, 4) is 0 Å². The smallest absolute Gasteiger partial charge is 0.254 e. The first kappa shape index (κ1) is 14.0. The molecule has 1 aromatic rings. The van der Waals surface area contributed by atoms with Gasteiger partial charge in [-0.05, 0) is 26.0 Å². The van der Waals surface area contributed by atoms with Crippen molar-refractivity contribution in [1.82, 2.24) is 9.88 Å². The zero-order valence-corrected chi connectivity index (χ0v) is 11.6. The van der Waals surface area contributed by atoms with Gasteiger partial charge in [-0.25, -0.2) is 0 Å². The number of amides is 1. The number of nitrogens with zero attached hydrogens (tertiary/aromatic N) is 2. The lowest BCUT2D eigenvalue weighted by atomic mass is 10.0. The second-order valence-electron chi connectivity index (χ2n) is 5.38. The van der Waals surface area contributed by atoms with Gasteiger partial charge in [-0.15, -0.1) is 0 Å². The Kier molecular flexibility index (Phi) is 4.17. The monoisotopic (exact) mass is 264 g/mol. The van der Waals surface area contributed by atoms with Crippen molar-refractivity contribution in [1.29, 1.82) is 0 Å². The van der Waals surface area contributed by atoms with Crippen LogP contribution < -0.4 is 0 Å². The Labute approximate surface area is 113 Å². The number of pyridine rings is 1. The summed E-state index contributed by atoms with van der Waals surface area (Å²) in [5.41, 5.74) is 0.299. The van der Waals surface area contributed by atoms with Crippen molar-refractivity contribution in [2.75, 3.05) is 26.8 Å². The topological polar surface area (TPSA) is 51.7 Å². The third-order valence-corrected chi connectivity index (χ3v) is 3.05. The van der Waals surface area contributed by atoms with Gasteiger partial charge in [0.05, 0.1) is 18.3 Å². The molecule has 1 aliphatic heterocycles. The van der Waals surface area contributed by atoms with Crippen LogP contribution >= 0.6 is 0 Å². The number of morpholine rings is 1. The summed E-state index contributed by atoms with van der Waals surface area (Å²) in [6.07, 6.45) is 3.18. The van der Waals surface area contributed by atoms with Crippen LogP contribution in [0.4, 0.5) is 0 Å². The van der Waals surface area contributed by atoms with Crippen LogP contribution in [0.3, 0.4) is 0 Å². The van der Waals surface area contributed by atoms with Crippen LogP contribution in [0.5, 0.6) is 0 Å². The summed E-state index contributed by atoms with van der Waals surface area (Å²) in [4.78, 5) is 18.2. The van der Waals surface area contributed by atoms with Crippen molar-refractivity contribution in [2.24, 2.45) is 0 Å². The number of aromatic nitrogens is 1. The van der Waals surface area contributed by atoms with Crippen molar-refractivity contribution >= 4 is 5.91 Å². The SMILES string of the molecule is COC[C@H]1CN(C(=O)c2ccncc2)CC(C)(C)O1. The highest BCUT2D eigenvalue weighted by molar-refractivity contribution is 5.94. The molecule has 1 aliphatic rings. The summed E-state index contributed by atoms with van der Waals surface area (Å²) in [5, 5.41) is 0. The zero-order valence-electron chi connectivity index (χ0n) is 11.6. The maximum Gasteiger partial charge on any atom is 0.254 e. The van der Waals surface area contributed by atoms with Crippen LogP contribution in [0, 0.1) is 0 Å². The Hall–Kier alpha value is -1.46. The van der Waals surface area contributed by atoms with E-state index >= 15 is 0 Å². The third kappa shape index (κ3) is 3.52. The van der Waals surface area contributed by atoms with Crippen LogP contribution in [-0.4, -0.2) is 54.3 Å². The van der Waals surface area contributed by atoms with Crippen molar-refractivity contribution in [3.63, 3.8) is 0 Å². The molecule has 1 aromatic heterocycles. The van der Waals surface area contributed by atoms with E-state index in [2.05, 4.69) is 4.98 Å². The second kappa shape index (κ2) is 5.67. The van der Waals surface area contributed by atoms with Crippen LogP contribution in [0.15, 0.2) is 24.5 Å². The number of hydrogen-bond donors (Lipinski definition) is 0. The fourth-order valence-corrected chi connectivity index (χ4v) is 2.40. The highest BCUT2D eigenvalue weighted by Gasteiger charge is 2.35. The van der Waals surface area contributed by atoms with Gasteiger partial charge in [0.25, 0.3) is 5.91 Å². The predicted molar refractivity (Wildman–Crippen MR) is 71.0 cm³/mol. The molecule has 0 saturated carbocycles. The Bertz CT molecular complexity index is 434.